The summed E-state index contributed by atoms with van der Waals surface area (Å²) >= 11 is 5.95. The lowest BCUT2D eigenvalue weighted by molar-refractivity contribution is 0.0652. The van der Waals surface area contributed by atoms with Crippen LogP contribution in [0.4, 0.5) is 0 Å². The Morgan fingerprint density at radius 2 is 1.72 bits per heavy atom. The average Bonchev–Trinajstić information content (AvgIpc) is 3.04. The van der Waals surface area contributed by atoms with Crippen LogP contribution in [0.25, 0.3) is 0 Å². The molecule has 0 unspecified atom stereocenters. The Kier molecular flexibility index (Phi) is 6.92. The van der Waals surface area contributed by atoms with Crippen LogP contribution < -0.4 is 5.32 Å². The molecule has 1 N–H and O–H groups in total. The first-order chi connectivity index (χ1) is 15.5. The monoisotopic (exact) mass is 453 g/mol. The van der Waals surface area contributed by atoms with Gasteiger partial charge in [-0.3, -0.25) is 24.2 Å². The van der Waals surface area contributed by atoms with E-state index in [1.165, 1.54) is 10.5 Å². The van der Waals surface area contributed by atoms with E-state index in [0.29, 0.717) is 23.2 Å². The number of carbonyl (C=O) groups excluding carboxylic acids is 3. The van der Waals surface area contributed by atoms with Gasteiger partial charge in [-0.2, -0.15) is 0 Å². The molecule has 168 valence electrons. The molecule has 6 nitrogen and oxygen atoms in total. The standard InChI is InChI=1S/C25H28ClN3O3/c1-2-3-12-29-24(31)21-9-6-18(15-22(21)25(29)32)23(30)27-20-10-13-28(14-11-20)16-17-4-7-19(26)8-5-17/h4-9,15,20H,2-3,10-14,16H2,1H3,(H,27,30). The fraction of sp³-hybridized carbons (Fsp3) is 0.400. The molecule has 2 aromatic carbocycles. The van der Waals surface area contributed by atoms with Crippen LogP contribution in [0.15, 0.2) is 42.5 Å². The van der Waals surface area contributed by atoms with Crippen molar-refractivity contribution < 1.29 is 14.4 Å². The van der Waals surface area contributed by atoms with E-state index in [4.69, 9.17) is 11.6 Å². The molecule has 0 spiro atoms. The number of nitrogens with one attached hydrogen (secondary N) is 1. The predicted octanol–water partition coefficient (Wildman–Crippen LogP) is 4.13. The molecule has 4 rings (SSSR count). The highest BCUT2D eigenvalue weighted by Crippen LogP contribution is 2.25. The molecular formula is C25H28ClN3O3. The van der Waals surface area contributed by atoms with Crippen LogP contribution in [0.2, 0.25) is 5.02 Å². The first-order valence-corrected chi connectivity index (χ1v) is 11.6. The summed E-state index contributed by atoms with van der Waals surface area (Å²) in [4.78, 5) is 41.6. The third-order valence-corrected chi connectivity index (χ3v) is 6.46. The maximum absolute atomic E-state index is 12.8. The number of nitrogens with zero attached hydrogens (tertiary/aromatic N) is 2. The van der Waals surface area contributed by atoms with Crippen LogP contribution in [0.3, 0.4) is 0 Å². The number of likely N-dealkylation sites (tertiary alicyclic amines) is 1. The Morgan fingerprint density at radius 3 is 2.41 bits per heavy atom. The van der Waals surface area contributed by atoms with Crippen LogP contribution in [0, 0.1) is 0 Å². The van der Waals surface area contributed by atoms with Crippen molar-refractivity contribution in [3.8, 4) is 0 Å². The van der Waals surface area contributed by atoms with Gasteiger partial charge < -0.3 is 5.32 Å². The second kappa shape index (κ2) is 9.84. The molecule has 2 heterocycles. The molecule has 2 aromatic rings. The zero-order valence-electron chi connectivity index (χ0n) is 18.3. The van der Waals surface area contributed by atoms with Crippen molar-refractivity contribution in [3.05, 3.63) is 69.7 Å². The fourth-order valence-electron chi connectivity index (χ4n) is 4.30. The Labute approximate surface area is 193 Å². The molecule has 2 aliphatic heterocycles. The highest BCUT2D eigenvalue weighted by molar-refractivity contribution is 6.30. The van der Waals surface area contributed by atoms with Crippen LogP contribution in [-0.2, 0) is 6.54 Å². The molecule has 0 aromatic heterocycles. The van der Waals surface area contributed by atoms with E-state index in [1.54, 1.807) is 18.2 Å². The summed E-state index contributed by atoms with van der Waals surface area (Å²) in [5.74, 6) is -0.765. The highest BCUT2D eigenvalue weighted by atomic mass is 35.5. The number of halogens is 1. The molecule has 0 saturated carbocycles. The van der Waals surface area contributed by atoms with Crippen molar-refractivity contribution in [2.45, 2.75) is 45.2 Å². The van der Waals surface area contributed by atoms with Gasteiger partial charge in [-0.25, -0.2) is 0 Å². The first-order valence-electron chi connectivity index (χ1n) is 11.2. The zero-order chi connectivity index (χ0) is 22.7. The van der Waals surface area contributed by atoms with Crippen molar-refractivity contribution in [1.82, 2.24) is 15.1 Å². The van der Waals surface area contributed by atoms with Crippen molar-refractivity contribution in [2.24, 2.45) is 0 Å². The summed E-state index contributed by atoms with van der Waals surface area (Å²) in [6.07, 6.45) is 3.41. The number of fused-ring (bicyclic) bond motifs is 1. The van der Waals surface area contributed by atoms with Gasteiger partial charge in [0.2, 0.25) is 0 Å². The van der Waals surface area contributed by atoms with E-state index in [0.717, 1.165) is 50.3 Å². The summed E-state index contributed by atoms with van der Waals surface area (Å²) in [6, 6.07) is 12.8. The van der Waals surface area contributed by atoms with Gasteiger partial charge in [0, 0.05) is 42.8 Å². The molecule has 32 heavy (non-hydrogen) atoms. The van der Waals surface area contributed by atoms with Crippen molar-refractivity contribution >= 4 is 29.3 Å². The fourth-order valence-corrected chi connectivity index (χ4v) is 4.43. The van der Waals surface area contributed by atoms with Crippen LogP contribution in [0.5, 0.6) is 0 Å². The first kappa shape index (κ1) is 22.5. The summed E-state index contributed by atoms with van der Waals surface area (Å²) in [7, 11) is 0. The van der Waals surface area contributed by atoms with Gasteiger partial charge in [0.1, 0.15) is 0 Å². The van der Waals surface area contributed by atoms with E-state index in [2.05, 4.69) is 10.2 Å². The third kappa shape index (κ3) is 4.87. The van der Waals surface area contributed by atoms with Crippen molar-refractivity contribution in [2.75, 3.05) is 19.6 Å². The Balaban J connectivity index is 1.33. The van der Waals surface area contributed by atoms with Crippen LogP contribution in [-0.4, -0.2) is 53.2 Å². The third-order valence-electron chi connectivity index (χ3n) is 6.21. The highest BCUT2D eigenvalue weighted by Gasteiger charge is 2.35. The molecule has 1 saturated heterocycles. The smallest absolute Gasteiger partial charge is 0.261 e. The molecule has 0 atom stereocenters. The Morgan fingerprint density at radius 1 is 1.03 bits per heavy atom. The number of rotatable bonds is 7. The molecule has 0 bridgehead atoms. The van der Waals surface area contributed by atoms with Gasteiger partial charge in [0.15, 0.2) is 0 Å². The molecular weight excluding hydrogens is 426 g/mol. The molecule has 1 fully saturated rings. The summed E-state index contributed by atoms with van der Waals surface area (Å²) in [5.41, 5.74) is 2.36. The molecule has 2 aliphatic rings. The number of amides is 3. The quantitative estimate of drug-likeness (QED) is 0.640. The van der Waals surface area contributed by atoms with Crippen LogP contribution in [0.1, 0.15) is 69.2 Å². The predicted molar refractivity (Wildman–Crippen MR) is 124 cm³/mol. The van der Waals surface area contributed by atoms with Gasteiger partial charge in [-0.15, -0.1) is 0 Å². The minimum absolute atomic E-state index is 0.0932. The number of unbranched alkanes of at least 4 members (excludes halogenated alkanes) is 1. The summed E-state index contributed by atoms with van der Waals surface area (Å²) in [6.45, 7) is 5.10. The van der Waals surface area contributed by atoms with Crippen molar-refractivity contribution in [1.29, 1.82) is 0 Å². The van der Waals surface area contributed by atoms with Gasteiger partial charge >= 0.3 is 0 Å². The van der Waals surface area contributed by atoms with Gasteiger partial charge in [-0.05, 0) is 55.2 Å². The number of piperidine rings is 1. The Hall–Kier alpha value is -2.70. The van der Waals surface area contributed by atoms with Crippen LogP contribution >= 0.6 is 11.6 Å². The van der Waals surface area contributed by atoms with E-state index in [1.807, 2.05) is 31.2 Å². The lowest BCUT2D eigenvalue weighted by Crippen LogP contribution is -2.44. The average molecular weight is 454 g/mol. The molecule has 0 radical (unpaired) electrons. The number of benzene rings is 2. The van der Waals surface area contributed by atoms with Gasteiger partial charge in [0.25, 0.3) is 17.7 Å². The number of hydrogen-bond donors (Lipinski definition) is 1. The second-order valence-corrected chi connectivity index (χ2v) is 8.96. The number of hydrogen-bond acceptors (Lipinski definition) is 4. The lowest BCUT2D eigenvalue weighted by Gasteiger charge is -2.32. The molecule has 7 heteroatoms. The van der Waals surface area contributed by atoms with E-state index < -0.39 is 0 Å². The van der Waals surface area contributed by atoms with Crippen molar-refractivity contribution in [3.63, 3.8) is 0 Å². The number of imide groups is 1. The minimum Gasteiger partial charge on any atom is -0.349 e. The second-order valence-electron chi connectivity index (χ2n) is 8.53. The Bertz CT molecular complexity index is 1010. The minimum atomic E-state index is -0.302. The molecule has 0 aliphatic carbocycles. The summed E-state index contributed by atoms with van der Waals surface area (Å²) < 4.78 is 0. The normalized spacial score (nSPS) is 17.0. The van der Waals surface area contributed by atoms with E-state index in [9.17, 15) is 14.4 Å². The largest absolute Gasteiger partial charge is 0.349 e. The summed E-state index contributed by atoms with van der Waals surface area (Å²) in [5, 5.41) is 3.83. The lowest BCUT2D eigenvalue weighted by atomic mass is 10.0. The molecule has 3 amide bonds. The van der Waals surface area contributed by atoms with E-state index in [-0.39, 0.29) is 23.8 Å². The maximum Gasteiger partial charge on any atom is 0.261 e. The van der Waals surface area contributed by atoms with E-state index >= 15 is 0 Å². The zero-order valence-corrected chi connectivity index (χ0v) is 19.0. The van der Waals surface area contributed by atoms with Gasteiger partial charge in [-0.1, -0.05) is 37.1 Å². The van der Waals surface area contributed by atoms with Gasteiger partial charge in [0.05, 0.1) is 11.1 Å². The number of carbonyl (C=O) groups is 3. The topological polar surface area (TPSA) is 69.7 Å². The SMILES string of the molecule is CCCCN1C(=O)c2ccc(C(=O)NC3CCN(Cc4ccc(Cl)cc4)CC3)cc2C1=O. The maximum atomic E-state index is 12.8.